The number of hydrogen-bond donors (Lipinski definition) is 0. The number of likely N-dealkylation sites (tertiary alicyclic amines) is 1. The smallest absolute Gasteiger partial charge is 0.255 e. The number of fused-ring (bicyclic) bond motifs is 1. The Hall–Kier alpha value is -1.49. The third-order valence-corrected chi connectivity index (χ3v) is 5.41. The van der Waals surface area contributed by atoms with Crippen molar-refractivity contribution >= 4 is 11.6 Å². The van der Waals surface area contributed by atoms with Crippen LogP contribution in [0.5, 0.6) is 0 Å². The number of halogens is 2. The quantitative estimate of drug-likeness (QED) is 0.839. The van der Waals surface area contributed by atoms with Crippen LogP contribution in [-0.2, 0) is 11.2 Å². The Morgan fingerprint density at radius 3 is 2.77 bits per heavy atom. The number of carbonyl (C=O) groups excluding carboxylic acids is 1. The molecule has 1 aromatic carbocycles. The van der Waals surface area contributed by atoms with Gasteiger partial charge in [0.1, 0.15) is 0 Å². The Bertz CT molecular complexity index is 618. The number of amides is 1. The molecule has 0 N–H and O–H groups in total. The second kappa shape index (κ2) is 4.75. The van der Waals surface area contributed by atoms with Crippen molar-refractivity contribution in [3.05, 3.63) is 29.8 Å². The van der Waals surface area contributed by atoms with E-state index in [0.29, 0.717) is 19.5 Å². The topological polar surface area (TPSA) is 23.6 Å². The Morgan fingerprint density at radius 1 is 1.23 bits per heavy atom. The van der Waals surface area contributed by atoms with Crippen molar-refractivity contribution in [1.29, 1.82) is 0 Å². The monoisotopic (exact) mass is 306 g/mol. The van der Waals surface area contributed by atoms with E-state index < -0.39 is 11.3 Å². The van der Waals surface area contributed by atoms with Crippen molar-refractivity contribution in [3.63, 3.8) is 0 Å². The molecule has 4 rings (SSSR count). The number of benzene rings is 1. The summed E-state index contributed by atoms with van der Waals surface area (Å²) >= 11 is 0. The summed E-state index contributed by atoms with van der Waals surface area (Å²) < 4.78 is 27.1. The predicted octanol–water partition coefficient (Wildman–Crippen LogP) is 2.70. The second-order valence-electron chi connectivity index (χ2n) is 6.90. The maximum absolute atomic E-state index is 13.6. The van der Waals surface area contributed by atoms with Gasteiger partial charge in [0.05, 0.1) is 12.0 Å². The summed E-state index contributed by atoms with van der Waals surface area (Å²) in [7, 11) is 0. The van der Waals surface area contributed by atoms with Crippen molar-refractivity contribution < 1.29 is 13.6 Å². The number of alkyl halides is 2. The fourth-order valence-corrected chi connectivity index (χ4v) is 4.06. The van der Waals surface area contributed by atoms with Gasteiger partial charge in [-0.1, -0.05) is 18.2 Å². The number of anilines is 1. The van der Waals surface area contributed by atoms with Crippen molar-refractivity contribution in [2.75, 3.05) is 31.1 Å². The van der Waals surface area contributed by atoms with Crippen LogP contribution in [0.25, 0.3) is 0 Å². The van der Waals surface area contributed by atoms with Crippen molar-refractivity contribution in [2.45, 2.75) is 31.6 Å². The van der Waals surface area contributed by atoms with E-state index in [9.17, 15) is 13.6 Å². The third kappa shape index (κ3) is 2.14. The zero-order chi connectivity index (χ0) is 15.4. The lowest BCUT2D eigenvalue weighted by Gasteiger charge is -2.33. The molecule has 3 aliphatic rings. The molecule has 2 fully saturated rings. The molecule has 2 aliphatic heterocycles. The van der Waals surface area contributed by atoms with Crippen molar-refractivity contribution in [3.8, 4) is 0 Å². The Labute approximate surface area is 128 Å². The number of para-hydroxylation sites is 1. The molecule has 118 valence electrons. The molecule has 3 nitrogen and oxygen atoms in total. The number of piperidine rings is 1. The first-order chi connectivity index (χ1) is 10.5. The fraction of sp³-hybridized carbons (Fsp3) is 0.588. The highest BCUT2D eigenvalue weighted by atomic mass is 19.3. The molecule has 1 atom stereocenters. The van der Waals surface area contributed by atoms with Gasteiger partial charge in [-0.3, -0.25) is 9.69 Å². The Kier molecular flexibility index (Phi) is 3.05. The minimum absolute atomic E-state index is 0.00274. The van der Waals surface area contributed by atoms with Crippen LogP contribution in [-0.4, -0.2) is 42.9 Å². The maximum atomic E-state index is 13.6. The first-order valence-electron chi connectivity index (χ1n) is 7.99. The molecule has 22 heavy (non-hydrogen) atoms. The summed E-state index contributed by atoms with van der Waals surface area (Å²) in [4.78, 5) is 16.3. The van der Waals surface area contributed by atoms with E-state index in [1.165, 1.54) is 5.56 Å². The van der Waals surface area contributed by atoms with Gasteiger partial charge in [-0.25, -0.2) is 8.78 Å². The van der Waals surface area contributed by atoms with E-state index >= 15 is 0 Å². The van der Waals surface area contributed by atoms with Crippen LogP contribution in [0, 0.1) is 5.41 Å². The molecule has 1 amide bonds. The van der Waals surface area contributed by atoms with Gasteiger partial charge in [0, 0.05) is 25.2 Å². The van der Waals surface area contributed by atoms with Gasteiger partial charge in [0.25, 0.3) is 5.92 Å². The van der Waals surface area contributed by atoms with Gasteiger partial charge < -0.3 is 4.90 Å². The zero-order valence-electron chi connectivity index (χ0n) is 12.5. The van der Waals surface area contributed by atoms with E-state index in [1.807, 2.05) is 34.1 Å². The molecule has 1 saturated heterocycles. The molecular weight excluding hydrogens is 286 g/mol. The van der Waals surface area contributed by atoms with Crippen LogP contribution in [0.4, 0.5) is 14.5 Å². The van der Waals surface area contributed by atoms with E-state index in [2.05, 4.69) is 0 Å². The van der Waals surface area contributed by atoms with Gasteiger partial charge in [-0.15, -0.1) is 0 Å². The summed E-state index contributed by atoms with van der Waals surface area (Å²) in [5.74, 6) is -2.49. The number of nitrogens with zero attached hydrogens (tertiary/aromatic N) is 2. The van der Waals surface area contributed by atoms with Gasteiger partial charge in [0.15, 0.2) is 0 Å². The first-order valence-corrected chi connectivity index (χ1v) is 7.99. The van der Waals surface area contributed by atoms with E-state index in [1.54, 1.807) is 0 Å². The summed E-state index contributed by atoms with van der Waals surface area (Å²) in [6, 6.07) is 7.93. The summed E-state index contributed by atoms with van der Waals surface area (Å²) in [6.45, 7) is 2.07. The molecule has 5 heteroatoms. The number of rotatable bonds is 2. The maximum Gasteiger partial charge on any atom is 0.255 e. The lowest BCUT2D eigenvalue weighted by atomic mass is 9.94. The molecule has 0 aromatic heterocycles. The fourth-order valence-electron chi connectivity index (χ4n) is 4.06. The lowest BCUT2D eigenvalue weighted by molar-refractivity contribution is -0.120. The molecule has 0 bridgehead atoms. The minimum atomic E-state index is -2.52. The largest absolute Gasteiger partial charge is 0.311 e. The average Bonchev–Trinajstić information content (AvgIpc) is 2.86. The van der Waals surface area contributed by atoms with Crippen LogP contribution < -0.4 is 4.90 Å². The molecular formula is C17H20F2N2O. The van der Waals surface area contributed by atoms with E-state index in [-0.39, 0.29) is 18.9 Å². The second-order valence-corrected chi connectivity index (χ2v) is 6.90. The Balaban J connectivity index is 1.43. The van der Waals surface area contributed by atoms with Gasteiger partial charge in [0.2, 0.25) is 5.91 Å². The van der Waals surface area contributed by atoms with Crippen LogP contribution in [0.2, 0.25) is 0 Å². The van der Waals surface area contributed by atoms with Crippen LogP contribution >= 0.6 is 0 Å². The molecule has 2 heterocycles. The average molecular weight is 306 g/mol. The highest BCUT2D eigenvalue weighted by Crippen LogP contribution is 2.64. The van der Waals surface area contributed by atoms with Gasteiger partial charge in [-0.05, 0) is 37.4 Å². The zero-order valence-corrected chi connectivity index (χ0v) is 12.5. The highest BCUT2D eigenvalue weighted by Gasteiger charge is 2.71. The number of carbonyl (C=O) groups is 1. The minimum Gasteiger partial charge on any atom is -0.311 e. The SMILES string of the molecule is O=C(CN1CCCC2(C1)CC2(F)F)N1CCc2ccccc21. The summed E-state index contributed by atoms with van der Waals surface area (Å²) in [6.07, 6.45) is 2.23. The molecule has 1 spiro atoms. The first kappa shape index (κ1) is 14.1. The van der Waals surface area contributed by atoms with Crippen molar-refractivity contribution in [2.24, 2.45) is 5.41 Å². The van der Waals surface area contributed by atoms with Crippen LogP contribution in [0.3, 0.4) is 0 Å². The summed E-state index contributed by atoms with van der Waals surface area (Å²) in [5.41, 5.74) is 1.34. The predicted molar refractivity (Wildman–Crippen MR) is 80.2 cm³/mol. The van der Waals surface area contributed by atoms with Crippen LogP contribution in [0.1, 0.15) is 24.8 Å². The van der Waals surface area contributed by atoms with E-state index in [4.69, 9.17) is 0 Å². The van der Waals surface area contributed by atoms with E-state index in [0.717, 1.165) is 25.1 Å². The molecule has 1 unspecified atom stereocenters. The molecule has 1 aromatic rings. The summed E-state index contributed by atoms with van der Waals surface area (Å²) in [5, 5.41) is 0. The third-order valence-electron chi connectivity index (χ3n) is 5.41. The van der Waals surface area contributed by atoms with Crippen LogP contribution in [0.15, 0.2) is 24.3 Å². The molecule has 0 radical (unpaired) electrons. The molecule has 1 aliphatic carbocycles. The lowest BCUT2D eigenvalue weighted by Crippen LogP contribution is -2.45. The molecule has 1 saturated carbocycles. The standard InChI is InChI=1S/C17H20F2N2O/c18-17(19)11-16(17)7-3-8-20(12-16)10-15(22)21-9-6-13-4-1-2-5-14(13)21/h1-2,4-5H,3,6-12H2. The highest BCUT2D eigenvalue weighted by molar-refractivity contribution is 5.96. The van der Waals surface area contributed by atoms with Gasteiger partial charge in [-0.2, -0.15) is 0 Å². The normalized spacial score (nSPS) is 29.6. The van der Waals surface area contributed by atoms with Gasteiger partial charge >= 0.3 is 0 Å². The number of hydrogen-bond acceptors (Lipinski definition) is 2. The van der Waals surface area contributed by atoms with Crippen molar-refractivity contribution in [1.82, 2.24) is 4.90 Å². The Morgan fingerprint density at radius 2 is 2.00 bits per heavy atom.